The Labute approximate surface area is 184 Å². The summed E-state index contributed by atoms with van der Waals surface area (Å²) in [4.78, 5) is 8.84. The van der Waals surface area contributed by atoms with Gasteiger partial charge in [0.25, 0.3) is 5.22 Å². The van der Waals surface area contributed by atoms with Crippen LogP contribution >= 0.6 is 35.0 Å². The fourth-order valence-electron chi connectivity index (χ4n) is 3.24. The van der Waals surface area contributed by atoms with Crippen LogP contribution in [0.25, 0.3) is 11.5 Å². The quantitative estimate of drug-likeness (QED) is 0.381. The molecule has 0 amide bonds. The van der Waals surface area contributed by atoms with Gasteiger partial charge >= 0.3 is 0 Å². The molecule has 4 rings (SSSR count). The zero-order valence-electron chi connectivity index (χ0n) is 15.8. The molecule has 0 aliphatic carbocycles. The van der Waals surface area contributed by atoms with Crippen molar-refractivity contribution in [3.63, 3.8) is 0 Å². The van der Waals surface area contributed by atoms with Crippen molar-refractivity contribution in [2.45, 2.75) is 11.6 Å². The molecule has 0 bridgehead atoms. The molecule has 1 aliphatic rings. The molecule has 0 N–H and O–H groups in total. The van der Waals surface area contributed by atoms with Crippen molar-refractivity contribution >= 4 is 40.7 Å². The summed E-state index contributed by atoms with van der Waals surface area (Å²) in [6, 6.07) is 9.56. The maximum atomic E-state index is 6.14. The van der Waals surface area contributed by atoms with Crippen LogP contribution in [0.3, 0.4) is 0 Å². The molecule has 1 saturated heterocycles. The smallest absolute Gasteiger partial charge is 0.276 e. The Bertz CT molecular complexity index is 932. The van der Waals surface area contributed by atoms with Crippen LogP contribution in [0, 0.1) is 0 Å². The lowest BCUT2D eigenvalue weighted by molar-refractivity contribution is 0.259. The third-order valence-electron chi connectivity index (χ3n) is 4.82. The molecule has 6 nitrogen and oxygen atoms in total. The van der Waals surface area contributed by atoms with Crippen LogP contribution in [0.2, 0.25) is 10.0 Å². The average molecular weight is 450 g/mol. The Balaban J connectivity index is 1.18. The first-order valence-electron chi connectivity index (χ1n) is 9.48. The van der Waals surface area contributed by atoms with Gasteiger partial charge in [-0.05, 0) is 43.3 Å². The van der Waals surface area contributed by atoms with E-state index in [4.69, 9.17) is 27.6 Å². The highest BCUT2D eigenvalue weighted by atomic mass is 35.5. The third kappa shape index (κ3) is 5.42. The molecule has 0 spiro atoms. The fraction of sp³-hybridized carbons (Fsp3) is 0.350. The second-order valence-corrected chi connectivity index (χ2v) is 8.60. The Hall–Kier alpha value is -1.80. The number of hydrogen-bond donors (Lipinski definition) is 0. The first kappa shape index (κ1) is 20.5. The monoisotopic (exact) mass is 449 g/mol. The zero-order chi connectivity index (χ0) is 20.1. The summed E-state index contributed by atoms with van der Waals surface area (Å²) in [6.45, 7) is 5.12. The summed E-state index contributed by atoms with van der Waals surface area (Å²) < 4.78 is 5.72. The van der Waals surface area contributed by atoms with E-state index in [1.165, 1.54) is 0 Å². The van der Waals surface area contributed by atoms with Crippen LogP contribution in [-0.2, 0) is 0 Å². The van der Waals surface area contributed by atoms with Crippen molar-refractivity contribution in [3.05, 3.63) is 52.8 Å². The van der Waals surface area contributed by atoms with Crippen LogP contribution in [0.5, 0.6) is 0 Å². The molecule has 1 aromatic carbocycles. The zero-order valence-corrected chi connectivity index (χ0v) is 18.1. The molecule has 3 aromatic rings. The molecule has 0 saturated carbocycles. The lowest BCUT2D eigenvalue weighted by Gasteiger charge is -2.36. The van der Waals surface area contributed by atoms with Gasteiger partial charge in [0, 0.05) is 55.6 Å². The first-order valence-corrected chi connectivity index (χ1v) is 11.2. The van der Waals surface area contributed by atoms with E-state index in [9.17, 15) is 0 Å². The van der Waals surface area contributed by atoms with Crippen molar-refractivity contribution in [1.29, 1.82) is 0 Å². The molecule has 152 valence electrons. The first-order chi connectivity index (χ1) is 14.2. The van der Waals surface area contributed by atoms with Gasteiger partial charge in [-0.2, -0.15) is 0 Å². The van der Waals surface area contributed by atoms with Crippen LogP contribution in [-0.4, -0.2) is 58.6 Å². The highest BCUT2D eigenvalue weighted by Gasteiger charge is 2.17. The molecule has 29 heavy (non-hydrogen) atoms. The van der Waals surface area contributed by atoms with E-state index in [0.717, 1.165) is 56.1 Å². The average Bonchev–Trinajstić information content (AvgIpc) is 3.23. The number of thioether (sulfide) groups is 1. The Morgan fingerprint density at radius 1 is 0.966 bits per heavy atom. The minimum Gasteiger partial charge on any atom is -0.411 e. The SMILES string of the molecule is Clc1ccc(N2CCN(CCCSc3nnc(-c4ccncc4)o3)CC2)cc1Cl. The summed E-state index contributed by atoms with van der Waals surface area (Å²) >= 11 is 13.8. The maximum Gasteiger partial charge on any atom is 0.276 e. The van der Waals surface area contributed by atoms with Gasteiger partial charge in [-0.1, -0.05) is 35.0 Å². The lowest BCUT2D eigenvalue weighted by atomic mass is 10.2. The van der Waals surface area contributed by atoms with Crippen LogP contribution in [0.15, 0.2) is 52.4 Å². The molecular formula is C20H21Cl2N5OS. The van der Waals surface area contributed by atoms with Crippen molar-refractivity contribution in [3.8, 4) is 11.5 Å². The molecule has 3 heterocycles. The molecule has 0 atom stereocenters. The molecule has 1 aliphatic heterocycles. The number of halogens is 2. The third-order valence-corrected chi connectivity index (χ3v) is 6.46. The highest BCUT2D eigenvalue weighted by Crippen LogP contribution is 2.28. The van der Waals surface area contributed by atoms with Crippen molar-refractivity contribution in [2.24, 2.45) is 0 Å². The van der Waals surface area contributed by atoms with Gasteiger partial charge in [-0.25, -0.2) is 0 Å². The van der Waals surface area contributed by atoms with E-state index in [-0.39, 0.29) is 0 Å². The van der Waals surface area contributed by atoms with Gasteiger partial charge in [0.1, 0.15) is 0 Å². The predicted molar refractivity (Wildman–Crippen MR) is 118 cm³/mol. The van der Waals surface area contributed by atoms with E-state index in [1.54, 1.807) is 24.2 Å². The fourth-order valence-corrected chi connectivity index (χ4v) is 4.22. The highest BCUT2D eigenvalue weighted by molar-refractivity contribution is 7.99. The van der Waals surface area contributed by atoms with Crippen molar-refractivity contribution < 1.29 is 4.42 Å². The van der Waals surface area contributed by atoms with E-state index in [1.807, 2.05) is 30.3 Å². The second-order valence-electron chi connectivity index (χ2n) is 6.74. The van der Waals surface area contributed by atoms with Crippen LogP contribution in [0.1, 0.15) is 6.42 Å². The summed E-state index contributed by atoms with van der Waals surface area (Å²) in [7, 11) is 0. The second kappa shape index (κ2) is 9.80. The molecule has 1 fully saturated rings. The minimum absolute atomic E-state index is 0.535. The van der Waals surface area contributed by atoms with E-state index < -0.39 is 0 Å². The summed E-state index contributed by atoms with van der Waals surface area (Å²) in [5.74, 6) is 1.48. The van der Waals surface area contributed by atoms with Gasteiger partial charge in [0.2, 0.25) is 5.89 Å². The standard InChI is InChI=1S/C20H21Cl2N5OS/c21-17-3-2-16(14-18(17)22)27-11-9-26(10-12-27)8-1-13-29-20-25-24-19(28-20)15-4-6-23-7-5-15/h2-7,14H,1,8-13H2. The normalized spacial score (nSPS) is 15.0. The lowest BCUT2D eigenvalue weighted by Crippen LogP contribution is -2.46. The maximum absolute atomic E-state index is 6.14. The van der Waals surface area contributed by atoms with Crippen molar-refractivity contribution in [2.75, 3.05) is 43.4 Å². The molecule has 0 radical (unpaired) electrons. The summed E-state index contributed by atoms with van der Waals surface area (Å²) in [5.41, 5.74) is 2.02. The Morgan fingerprint density at radius 3 is 2.52 bits per heavy atom. The van der Waals surface area contributed by atoms with Gasteiger partial charge in [-0.3, -0.25) is 9.88 Å². The largest absolute Gasteiger partial charge is 0.411 e. The topological polar surface area (TPSA) is 58.3 Å². The van der Waals surface area contributed by atoms with Gasteiger partial charge in [-0.15, -0.1) is 10.2 Å². The van der Waals surface area contributed by atoms with Crippen LogP contribution in [0.4, 0.5) is 5.69 Å². The number of anilines is 1. The van der Waals surface area contributed by atoms with Gasteiger partial charge in [0.15, 0.2) is 0 Å². The van der Waals surface area contributed by atoms with E-state index >= 15 is 0 Å². The molecule has 2 aromatic heterocycles. The Kier molecular flexibility index (Phi) is 6.92. The van der Waals surface area contributed by atoms with E-state index in [2.05, 4.69) is 25.0 Å². The van der Waals surface area contributed by atoms with Crippen molar-refractivity contribution in [1.82, 2.24) is 20.1 Å². The number of benzene rings is 1. The summed E-state index contributed by atoms with van der Waals surface area (Å²) in [6.07, 6.45) is 4.51. The number of hydrogen-bond acceptors (Lipinski definition) is 7. The minimum atomic E-state index is 0.535. The Morgan fingerprint density at radius 2 is 1.76 bits per heavy atom. The number of aromatic nitrogens is 3. The molecular weight excluding hydrogens is 429 g/mol. The number of pyridine rings is 1. The summed E-state index contributed by atoms with van der Waals surface area (Å²) in [5, 5.41) is 10.0. The predicted octanol–water partition coefficient (Wildman–Crippen LogP) is 4.74. The van der Waals surface area contributed by atoms with Gasteiger partial charge in [0.05, 0.1) is 10.0 Å². The number of nitrogens with zero attached hydrogens (tertiary/aromatic N) is 5. The molecule has 0 unspecified atom stereocenters. The number of piperazine rings is 1. The van der Waals surface area contributed by atoms with E-state index in [0.29, 0.717) is 21.2 Å². The van der Waals surface area contributed by atoms with Crippen LogP contribution < -0.4 is 4.90 Å². The number of rotatable bonds is 7. The van der Waals surface area contributed by atoms with Gasteiger partial charge < -0.3 is 9.32 Å². The molecule has 9 heteroatoms.